The molecule has 1 fully saturated rings. The third kappa shape index (κ3) is 2.47. The standard InChI is InChI=1S/C16H16FNO2S/c17-12-6-4-5-11(9-12)15-14(10-18)16(15)21(19,20)13-7-2-1-3-8-13/h1-9,14-16H,10,18H2/t14-,15-,16+/m0/s1. The highest BCUT2D eigenvalue weighted by molar-refractivity contribution is 7.92. The molecule has 3 rings (SSSR count). The molecule has 2 N–H and O–H groups in total. The second-order valence-electron chi connectivity index (χ2n) is 5.30. The van der Waals surface area contributed by atoms with E-state index < -0.39 is 15.1 Å². The van der Waals surface area contributed by atoms with E-state index in [0.717, 1.165) is 0 Å². The monoisotopic (exact) mass is 305 g/mol. The molecule has 2 aromatic rings. The molecular weight excluding hydrogens is 289 g/mol. The SMILES string of the molecule is NC[C@H]1[C@H](c2cccc(F)c2)[C@@H]1S(=O)(=O)c1ccccc1. The minimum Gasteiger partial charge on any atom is -0.330 e. The third-order valence-corrected chi connectivity index (χ3v) is 6.32. The molecule has 5 heteroatoms. The van der Waals surface area contributed by atoms with Crippen LogP contribution in [0.1, 0.15) is 11.5 Å². The topological polar surface area (TPSA) is 60.2 Å². The van der Waals surface area contributed by atoms with Crippen molar-refractivity contribution >= 4 is 9.84 Å². The lowest BCUT2D eigenvalue weighted by atomic mass is 10.1. The summed E-state index contributed by atoms with van der Waals surface area (Å²) in [4.78, 5) is 0.298. The van der Waals surface area contributed by atoms with Gasteiger partial charge in [-0.2, -0.15) is 0 Å². The van der Waals surface area contributed by atoms with Gasteiger partial charge in [-0.25, -0.2) is 12.8 Å². The number of hydrogen-bond donors (Lipinski definition) is 1. The van der Waals surface area contributed by atoms with E-state index in [1.54, 1.807) is 42.5 Å². The number of sulfone groups is 1. The first kappa shape index (κ1) is 14.2. The molecule has 3 nitrogen and oxygen atoms in total. The maximum absolute atomic E-state index is 13.4. The van der Waals surface area contributed by atoms with Crippen molar-refractivity contribution in [1.82, 2.24) is 0 Å². The summed E-state index contributed by atoms with van der Waals surface area (Å²) in [5, 5.41) is -0.563. The Hall–Kier alpha value is -1.72. The number of halogens is 1. The molecule has 0 spiro atoms. The van der Waals surface area contributed by atoms with Gasteiger partial charge in [0.25, 0.3) is 0 Å². The van der Waals surface area contributed by atoms with E-state index in [-0.39, 0.29) is 24.2 Å². The van der Waals surface area contributed by atoms with Gasteiger partial charge in [0.1, 0.15) is 5.82 Å². The molecule has 0 unspecified atom stereocenters. The molecule has 0 saturated heterocycles. The summed E-state index contributed by atoms with van der Waals surface area (Å²) in [5.41, 5.74) is 6.41. The third-order valence-electron chi connectivity index (χ3n) is 4.03. The van der Waals surface area contributed by atoms with Gasteiger partial charge in [-0.15, -0.1) is 0 Å². The molecular formula is C16H16FNO2S. The van der Waals surface area contributed by atoms with E-state index in [1.165, 1.54) is 12.1 Å². The molecule has 0 radical (unpaired) electrons. The van der Waals surface area contributed by atoms with Gasteiger partial charge in [0.2, 0.25) is 0 Å². The van der Waals surface area contributed by atoms with Gasteiger partial charge >= 0.3 is 0 Å². The summed E-state index contributed by atoms with van der Waals surface area (Å²) in [6.07, 6.45) is 0. The molecule has 1 saturated carbocycles. The van der Waals surface area contributed by atoms with Gasteiger partial charge in [-0.05, 0) is 42.3 Å². The smallest absolute Gasteiger partial charge is 0.182 e. The lowest BCUT2D eigenvalue weighted by Crippen LogP contribution is -2.13. The Morgan fingerprint density at radius 2 is 1.76 bits per heavy atom. The van der Waals surface area contributed by atoms with Crippen LogP contribution in [0.2, 0.25) is 0 Å². The minimum atomic E-state index is -3.44. The Bertz CT molecular complexity index is 746. The Morgan fingerprint density at radius 3 is 2.38 bits per heavy atom. The van der Waals surface area contributed by atoms with Gasteiger partial charge in [0.05, 0.1) is 10.1 Å². The molecule has 0 bridgehead atoms. The maximum Gasteiger partial charge on any atom is 0.182 e. The molecule has 2 aromatic carbocycles. The van der Waals surface area contributed by atoms with Crippen LogP contribution in [0, 0.1) is 11.7 Å². The molecule has 0 amide bonds. The van der Waals surface area contributed by atoms with E-state index in [0.29, 0.717) is 10.5 Å². The lowest BCUT2D eigenvalue weighted by molar-refractivity contribution is 0.591. The number of rotatable bonds is 4. The quantitative estimate of drug-likeness (QED) is 0.943. The Kier molecular flexibility index (Phi) is 3.55. The van der Waals surface area contributed by atoms with Gasteiger partial charge in [0.15, 0.2) is 9.84 Å². The van der Waals surface area contributed by atoms with Crippen LogP contribution in [0.3, 0.4) is 0 Å². The van der Waals surface area contributed by atoms with Crippen LogP contribution in [0.25, 0.3) is 0 Å². The van der Waals surface area contributed by atoms with Crippen LogP contribution in [0.15, 0.2) is 59.5 Å². The number of hydrogen-bond acceptors (Lipinski definition) is 3. The van der Waals surface area contributed by atoms with E-state index >= 15 is 0 Å². The van der Waals surface area contributed by atoms with Crippen molar-refractivity contribution in [2.45, 2.75) is 16.1 Å². The zero-order valence-electron chi connectivity index (χ0n) is 11.3. The second kappa shape index (κ2) is 5.24. The van der Waals surface area contributed by atoms with Crippen molar-refractivity contribution in [1.29, 1.82) is 0 Å². The van der Waals surface area contributed by atoms with Crippen molar-refractivity contribution < 1.29 is 12.8 Å². The Balaban J connectivity index is 1.96. The van der Waals surface area contributed by atoms with Crippen molar-refractivity contribution in [3.8, 4) is 0 Å². The first-order valence-corrected chi connectivity index (χ1v) is 8.35. The highest BCUT2D eigenvalue weighted by atomic mass is 32.2. The van der Waals surface area contributed by atoms with E-state index in [1.807, 2.05) is 0 Å². The first-order valence-electron chi connectivity index (χ1n) is 6.80. The molecule has 0 aromatic heterocycles. The van der Waals surface area contributed by atoms with Crippen molar-refractivity contribution in [2.75, 3.05) is 6.54 Å². The van der Waals surface area contributed by atoms with Crippen molar-refractivity contribution in [3.05, 3.63) is 66.0 Å². The van der Waals surface area contributed by atoms with Crippen LogP contribution in [0.4, 0.5) is 4.39 Å². The van der Waals surface area contributed by atoms with E-state index in [4.69, 9.17) is 5.73 Å². The van der Waals surface area contributed by atoms with Gasteiger partial charge in [0, 0.05) is 5.92 Å². The van der Waals surface area contributed by atoms with Crippen LogP contribution >= 0.6 is 0 Å². The van der Waals surface area contributed by atoms with Crippen LogP contribution < -0.4 is 5.73 Å². The van der Waals surface area contributed by atoms with Crippen LogP contribution in [-0.2, 0) is 9.84 Å². The molecule has 1 aliphatic rings. The zero-order chi connectivity index (χ0) is 15.0. The van der Waals surface area contributed by atoms with Crippen molar-refractivity contribution in [2.24, 2.45) is 11.7 Å². The summed E-state index contributed by atoms with van der Waals surface area (Å²) < 4.78 is 38.7. The Morgan fingerprint density at radius 1 is 1.05 bits per heavy atom. The lowest BCUT2D eigenvalue weighted by Gasteiger charge is -2.04. The van der Waals surface area contributed by atoms with E-state index in [9.17, 15) is 12.8 Å². The predicted octanol–water partition coefficient (Wildman–Crippen LogP) is 2.34. The molecule has 1 aliphatic carbocycles. The minimum absolute atomic E-state index is 0.156. The van der Waals surface area contributed by atoms with Gasteiger partial charge in [-0.1, -0.05) is 30.3 Å². The highest BCUT2D eigenvalue weighted by Gasteiger charge is 2.58. The summed E-state index contributed by atoms with van der Waals surface area (Å²) >= 11 is 0. The predicted molar refractivity (Wildman–Crippen MR) is 79.1 cm³/mol. The fourth-order valence-electron chi connectivity index (χ4n) is 2.96. The first-order chi connectivity index (χ1) is 10.1. The fourth-order valence-corrected chi connectivity index (χ4v) is 5.21. The second-order valence-corrected chi connectivity index (χ2v) is 7.41. The average molecular weight is 305 g/mol. The number of benzene rings is 2. The fraction of sp³-hybridized carbons (Fsp3) is 0.250. The summed E-state index contributed by atoms with van der Waals surface area (Å²) in [5.74, 6) is -0.737. The molecule has 3 atom stereocenters. The van der Waals surface area contributed by atoms with Gasteiger partial charge in [-0.3, -0.25) is 0 Å². The normalized spacial score (nSPS) is 24.8. The Labute approximate surface area is 123 Å². The molecule has 110 valence electrons. The van der Waals surface area contributed by atoms with E-state index in [2.05, 4.69) is 0 Å². The largest absolute Gasteiger partial charge is 0.330 e. The van der Waals surface area contributed by atoms with Gasteiger partial charge < -0.3 is 5.73 Å². The van der Waals surface area contributed by atoms with Crippen molar-refractivity contribution in [3.63, 3.8) is 0 Å². The summed E-state index contributed by atoms with van der Waals surface area (Å²) in [7, 11) is -3.44. The number of nitrogens with two attached hydrogens (primary N) is 1. The highest BCUT2D eigenvalue weighted by Crippen LogP contribution is 2.53. The average Bonchev–Trinajstić information content (AvgIpc) is 3.23. The zero-order valence-corrected chi connectivity index (χ0v) is 12.1. The molecule has 21 heavy (non-hydrogen) atoms. The maximum atomic E-state index is 13.4. The van der Waals surface area contributed by atoms with Crippen LogP contribution in [-0.4, -0.2) is 20.2 Å². The summed E-state index contributed by atoms with van der Waals surface area (Å²) in [6, 6.07) is 14.5. The van der Waals surface area contributed by atoms with Crippen LogP contribution in [0.5, 0.6) is 0 Å². The molecule has 0 heterocycles. The summed E-state index contributed by atoms with van der Waals surface area (Å²) in [6.45, 7) is 0.276. The molecule has 0 aliphatic heterocycles.